The number of benzene rings is 1. The molecule has 1 aliphatic heterocycles. The molecule has 0 bridgehead atoms. The van der Waals surface area contributed by atoms with Gasteiger partial charge in [-0.3, -0.25) is 9.59 Å². The van der Waals surface area contributed by atoms with Crippen molar-refractivity contribution in [2.75, 3.05) is 25.1 Å². The molecule has 0 aromatic heterocycles. The number of ether oxygens (including phenoxy) is 1. The van der Waals surface area contributed by atoms with Crippen molar-refractivity contribution in [3.63, 3.8) is 0 Å². The first kappa shape index (κ1) is 19.5. The molecule has 1 heterocycles. The first-order valence-corrected chi connectivity index (χ1v) is 10.0. The largest absolute Gasteiger partial charge is 0.495 e. The molecule has 0 atom stereocenters. The number of hydrogen-bond donors (Lipinski definition) is 2. The minimum absolute atomic E-state index is 0.00635. The van der Waals surface area contributed by atoms with Crippen LogP contribution in [0.15, 0.2) is 24.3 Å². The zero-order chi connectivity index (χ0) is 19.3. The van der Waals surface area contributed by atoms with Gasteiger partial charge < -0.3 is 20.3 Å². The molecule has 1 saturated carbocycles. The van der Waals surface area contributed by atoms with E-state index in [0.717, 1.165) is 69.5 Å². The van der Waals surface area contributed by atoms with Crippen molar-refractivity contribution in [3.8, 4) is 5.75 Å². The Morgan fingerprint density at radius 2 is 1.78 bits per heavy atom. The lowest BCUT2D eigenvalue weighted by Crippen LogP contribution is -2.61. The fourth-order valence-electron chi connectivity index (χ4n) is 4.38. The summed E-state index contributed by atoms with van der Waals surface area (Å²) in [7, 11) is 1.69. The highest BCUT2D eigenvalue weighted by molar-refractivity contribution is 5.91. The van der Waals surface area contributed by atoms with E-state index in [1.807, 2.05) is 18.2 Å². The SMILES string of the molecule is COc1ccccc1N1CCC(NC(=O)C2(NC(C)=O)CCCCC2)CC1. The Morgan fingerprint density at radius 3 is 2.41 bits per heavy atom. The zero-order valence-electron chi connectivity index (χ0n) is 16.4. The second-order valence-electron chi connectivity index (χ2n) is 7.73. The predicted molar refractivity (Wildman–Crippen MR) is 106 cm³/mol. The molecule has 3 rings (SSSR count). The third-order valence-corrected chi connectivity index (χ3v) is 5.81. The van der Waals surface area contributed by atoms with Gasteiger partial charge in [0.1, 0.15) is 11.3 Å². The van der Waals surface area contributed by atoms with Crippen LogP contribution in [0.3, 0.4) is 0 Å². The Morgan fingerprint density at radius 1 is 1.11 bits per heavy atom. The van der Waals surface area contributed by atoms with Crippen LogP contribution in [0.5, 0.6) is 5.75 Å². The van der Waals surface area contributed by atoms with Crippen molar-refractivity contribution in [3.05, 3.63) is 24.3 Å². The summed E-state index contributed by atoms with van der Waals surface area (Å²) in [6, 6.07) is 8.19. The summed E-state index contributed by atoms with van der Waals surface area (Å²) in [4.78, 5) is 27.0. The highest BCUT2D eigenvalue weighted by Crippen LogP contribution is 2.31. The molecule has 1 saturated heterocycles. The number of hydrogen-bond acceptors (Lipinski definition) is 4. The number of nitrogens with zero attached hydrogens (tertiary/aromatic N) is 1. The van der Waals surface area contributed by atoms with Crippen molar-refractivity contribution in [1.82, 2.24) is 10.6 Å². The molecule has 0 radical (unpaired) electrons. The Balaban J connectivity index is 1.59. The number of anilines is 1. The van der Waals surface area contributed by atoms with Gasteiger partial charge in [-0.05, 0) is 37.8 Å². The second kappa shape index (κ2) is 8.63. The van der Waals surface area contributed by atoms with Crippen molar-refractivity contribution in [2.24, 2.45) is 0 Å². The molecule has 0 unspecified atom stereocenters. The highest BCUT2D eigenvalue weighted by Gasteiger charge is 2.41. The standard InChI is InChI=1S/C21H31N3O3/c1-16(25)23-21(12-6-3-7-13-21)20(26)22-17-10-14-24(15-11-17)18-8-4-5-9-19(18)27-2/h4-5,8-9,17H,3,6-7,10-15H2,1-2H3,(H,22,26)(H,23,25). The van der Waals surface area contributed by atoms with Crippen LogP contribution >= 0.6 is 0 Å². The van der Waals surface area contributed by atoms with Gasteiger partial charge in [0.25, 0.3) is 0 Å². The number of rotatable bonds is 5. The third-order valence-electron chi connectivity index (χ3n) is 5.81. The van der Waals surface area contributed by atoms with E-state index >= 15 is 0 Å². The van der Waals surface area contributed by atoms with Crippen LogP contribution in [0.4, 0.5) is 5.69 Å². The molecule has 2 fully saturated rings. The van der Waals surface area contributed by atoms with Crippen molar-refractivity contribution >= 4 is 17.5 Å². The summed E-state index contributed by atoms with van der Waals surface area (Å²) >= 11 is 0. The average Bonchev–Trinajstić information content (AvgIpc) is 2.68. The summed E-state index contributed by atoms with van der Waals surface area (Å²) in [6.07, 6.45) is 6.35. The Hall–Kier alpha value is -2.24. The fourth-order valence-corrected chi connectivity index (χ4v) is 4.38. The van der Waals surface area contributed by atoms with E-state index in [-0.39, 0.29) is 17.9 Å². The Bertz CT molecular complexity index is 662. The van der Waals surface area contributed by atoms with E-state index in [9.17, 15) is 9.59 Å². The lowest BCUT2D eigenvalue weighted by Gasteiger charge is -2.39. The number of carbonyl (C=O) groups excluding carboxylic acids is 2. The summed E-state index contributed by atoms with van der Waals surface area (Å²) in [5.74, 6) is 0.748. The average molecular weight is 373 g/mol. The van der Waals surface area contributed by atoms with Crippen LogP contribution in [-0.2, 0) is 9.59 Å². The van der Waals surface area contributed by atoms with Crippen LogP contribution in [0.1, 0.15) is 51.9 Å². The maximum Gasteiger partial charge on any atom is 0.245 e. The first-order chi connectivity index (χ1) is 13.0. The molecule has 0 spiro atoms. The third kappa shape index (κ3) is 4.54. The minimum atomic E-state index is -0.718. The van der Waals surface area contributed by atoms with Gasteiger partial charge in [-0.2, -0.15) is 0 Å². The fraction of sp³-hybridized carbons (Fsp3) is 0.619. The van der Waals surface area contributed by atoms with Gasteiger partial charge in [-0.25, -0.2) is 0 Å². The van der Waals surface area contributed by atoms with E-state index in [0.29, 0.717) is 0 Å². The lowest BCUT2D eigenvalue weighted by molar-refractivity contribution is -0.135. The number of piperidine rings is 1. The number of amides is 2. The van der Waals surface area contributed by atoms with Gasteiger partial charge in [0.05, 0.1) is 12.8 Å². The lowest BCUT2D eigenvalue weighted by atomic mass is 9.80. The Labute approximate surface area is 161 Å². The molecule has 6 nitrogen and oxygen atoms in total. The predicted octanol–water partition coefficient (Wildman–Crippen LogP) is 2.62. The van der Waals surface area contributed by atoms with Gasteiger partial charge in [0.2, 0.25) is 11.8 Å². The van der Waals surface area contributed by atoms with Crippen LogP contribution < -0.4 is 20.3 Å². The van der Waals surface area contributed by atoms with Gasteiger partial charge >= 0.3 is 0 Å². The maximum absolute atomic E-state index is 13.0. The van der Waals surface area contributed by atoms with Gasteiger partial charge in [0.15, 0.2) is 0 Å². The van der Waals surface area contributed by atoms with E-state index in [1.165, 1.54) is 6.92 Å². The molecule has 6 heteroatoms. The van der Waals surface area contributed by atoms with E-state index in [2.05, 4.69) is 21.6 Å². The zero-order valence-corrected chi connectivity index (χ0v) is 16.4. The quantitative estimate of drug-likeness (QED) is 0.832. The molecule has 27 heavy (non-hydrogen) atoms. The first-order valence-electron chi connectivity index (χ1n) is 10.0. The van der Waals surface area contributed by atoms with Crippen molar-refractivity contribution in [1.29, 1.82) is 0 Å². The molecule has 2 aliphatic rings. The summed E-state index contributed by atoms with van der Waals surface area (Å²) in [5, 5.41) is 6.18. The number of nitrogens with one attached hydrogen (secondary N) is 2. The minimum Gasteiger partial charge on any atom is -0.495 e. The van der Waals surface area contributed by atoms with Crippen LogP contribution in [0.25, 0.3) is 0 Å². The van der Waals surface area contributed by atoms with Gasteiger partial charge in [-0.1, -0.05) is 31.4 Å². The van der Waals surface area contributed by atoms with Crippen LogP contribution in [0, 0.1) is 0 Å². The summed E-state index contributed by atoms with van der Waals surface area (Å²) in [5.41, 5.74) is 0.385. The van der Waals surface area contributed by atoms with E-state index in [4.69, 9.17) is 4.74 Å². The molecular weight excluding hydrogens is 342 g/mol. The van der Waals surface area contributed by atoms with Crippen LogP contribution in [0.2, 0.25) is 0 Å². The highest BCUT2D eigenvalue weighted by atomic mass is 16.5. The summed E-state index contributed by atoms with van der Waals surface area (Å²) < 4.78 is 5.47. The normalized spacial score (nSPS) is 20.0. The molecule has 1 aromatic rings. The molecule has 2 N–H and O–H groups in total. The van der Waals surface area contributed by atoms with Crippen molar-refractivity contribution in [2.45, 2.75) is 63.5 Å². The number of para-hydroxylation sites is 2. The maximum atomic E-state index is 13.0. The van der Waals surface area contributed by atoms with E-state index in [1.54, 1.807) is 7.11 Å². The molecule has 2 amide bonds. The van der Waals surface area contributed by atoms with Gasteiger partial charge in [-0.15, -0.1) is 0 Å². The molecule has 1 aliphatic carbocycles. The summed E-state index contributed by atoms with van der Waals surface area (Å²) in [6.45, 7) is 3.24. The smallest absolute Gasteiger partial charge is 0.245 e. The van der Waals surface area contributed by atoms with Gasteiger partial charge in [0, 0.05) is 26.1 Å². The molecule has 1 aromatic carbocycles. The van der Waals surface area contributed by atoms with E-state index < -0.39 is 5.54 Å². The molecule has 148 valence electrons. The van der Waals surface area contributed by atoms with Crippen molar-refractivity contribution < 1.29 is 14.3 Å². The second-order valence-corrected chi connectivity index (χ2v) is 7.73. The monoisotopic (exact) mass is 373 g/mol. The number of carbonyl (C=O) groups is 2. The number of methoxy groups -OCH3 is 1. The topological polar surface area (TPSA) is 70.7 Å². The van der Waals surface area contributed by atoms with Crippen LogP contribution in [-0.4, -0.2) is 43.6 Å². The molecular formula is C21H31N3O3. The Kier molecular flexibility index (Phi) is 6.24.